The maximum atomic E-state index is 11.8. The van der Waals surface area contributed by atoms with Crippen LogP contribution in [0.3, 0.4) is 0 Å². The molecule has 0 saturated carbocycles. The van der Waals surface area contributed by atoms with E-state index < -0.39 is 0 Å². The van der Waals surface area contributed by atoms with Crippen molar-refractivity contribution in [2.75, 3.05) is 6.61 Å². The van der Waals surface area contributed by atoms with Gasteiger partial charge in [-0.2, -0.15) is 0 Å². The Balaban J connectivity index is 1.95. The Kier molecular flexibility index (Phi) is 5.12. The molecule has 1 unspecified atom stereocenters. The average Bonchev–Trinajstić information content (AvgIpc) is 2.55. The first-order chi connectivity index (χ1) is 8.81. The number of benzene rings is 1. The smallest absolute Gasteiger partial charge is 0.339 e. The summed E-state index contributed by atoms with van der Waals surface area (Å²) in [4.78, 5) is 12.9. The molecule has 1 aliphatic rings. The first kappa shape index (κ1) is 13.5. The third-order valence-corrected chi connectivity index (χ3v) is 4.50. The summed E-state index contributed by atoms with van der Waals surface area (Å²) < 4.78 is 5.34. The number of cyclic esters (lactones) is 1. The lowest BCUT2D eigenvalue weighted by Gasteiger charge is -2.12. The Hall–Kier alpha value is -0.960. The van der Waals surface area contributed by atoms with Crippen molar-refractivity contribution in [3.05, 3.63) is 29.8 Å². The third kappa shape index (κ3) is 3.52. The van der Waals surface area contributed by atoms with Crippen LogP contribution in [-0.2, 0) is 4.74 Å². The van der Waals surface area contributed by atoms with Crippen LogP contribution in [-0.4, -0.2) is 17.8 Å². The molecule has 0 spiro atoms. The molecule has 0 bridgehead atoms. The van der Waals surface area contributed by atoms with Crippen LogP contribution >= 0.6 is 11.8 Å². The van der Waals surface area contributed by atoms with Gasteiger partial charge in [0, 0.05) is 10.1 Å². The molecule has 1 aliphatic heterocycles. The number of thioether (sulfide) groups is 1. The summed E-state index contributed by atoms with van der Waals surface area (Å²) in [7, 11) is 0. The zero-order valence-corrected chi connectivity index (χ0v) is 11.7. The lowest BCUT2D eigenvalue weighted by molar-refractivity contribution is 0.0505. The lowest BCUT2D eigenvalue weighted by Crippen LogP contribution is -2.12. The van der Waals surface area contributed by atoms with E-state index in [1.807, 2.05) is 24.3 Å². The predicted molar refractivity (Wildman–Crippen MR) is 75.1 cm³/mol. The minimum Gasteiger partial charge on any atom is -0.461 e. The van der Waals surface area contributed by atoms with Crippen molar-refractivity contribution < 1.29 is 9.53 Å². The first-order valence-corrected chi connectivity index (χ1v) is 7.62. The molecule has 3 heteroatoms. The fraction of sp³-hybridized carbons (Fsp3) is 0.533. The molecule has 0 aliphatic carbocycles. The van der Waals surface area contributed by atoms with Crippen LogP contribution in [0.4, 0.5) is 0 Å². The highest BCUT2D eigenvalue weighted by molar-refractivity contribution is 8.00. The summed E-state index contributed by atoms with van der Waals surface area (Å²) in [5.41, 5.74) is 0.721. The number of hydrogen-bond acceptors (Lipinski definition) is 3. The monoisotopic (exact) mass is 264 g/mol. The molecule has 1 aromatic carbocycles. The summed E-state index contributed by atoms with van der Waals surface area (Å²) in [5.74, 6) is -0.172. The highest BCUT2D eigenvalue weighted by Gasteiger charge is 2.22. The SMILES string of the molecule is CCCCCCC1COC(=O)c2ccccc2S1. The van der Waals surface area contributed by atoms with Crippen molar-refractivity contribution in [3.8, 4) is 0 Å². The Labute approximate surface area is 113 Å². The van der Waals surface area contributed by atoms with E-state index in [1.165, 1.54) is 25.7 Å². The fourth-order valence-corrected chi connectivity index (χ4v) is 3.35. The maximum Gasteiger partial charge on any atom is 0.339 e. The predicted octanol–water partition coefficient (Wildman–Crippen LogP) is 4.29. The third-order valence-electron chi connectivity index (χ3n) is 3.18. The zero-order valence-electron chi connectivity index (χ0n) is 10.9. The molecule has 1 heterocycles. The Morgan fingerprint density at radius 3 is 2.94 bits per heavy atom. The van der Waals surface area contributed by atoms with Gasteiger partial charge in [0.05, 0.1) is 5.56 Å². The molecule has 0 saturated heterocycles. The van der Waals surface area contributed by atoms with Crippen LogP contribution in [0.5, 0.6) is 0 Å². The van der Waals surface area contributed by atoms with Crippen LogP contribution in [0.2, 0.25) is 0 Å². The second kappa shape index (κ2) is 6.83. The summed E-state index contributed by atoms with van der Waals surface area (Å²) in [5, 5.41) is 0.412. The minimum absolute atomic E-state index is 0.172. The van der Waals surface area contributed by atoms with Gasteiger partial charge < -0.3 is 4.74 Å². The van der Waals surface area contributed by atoms with Gasteiger partial charge in [-0.15, -0.1) is 11.8 Å². The number of fused-ring (bicyclic) bond motifs is 1. The molecule has 98 valence electrons. The number of hydrogen-bond donors (Lipinski definition) is 0. The molecule has 0 radical (unpaired) electrons. The van der Waals surface area contributed by atoms with E-state index in [9.17, 15) is 4.79 Å². The standard InChI is InChI=1S/C15H20O2S/c1-2-3-4-5-8-12-11-17-15(16)13-9-6-7-10-14(13)18-12/h6-7,9-10,12H,2-5,8,11H2,1H3. The number of ether oxygens (including phenoxy) is 1. The second-order valence-corrected chi connectivity index (χ2v) is 6.03. The van der Waals surface area contributed by atoms with Crippen molar-refractivity contribution in [2.24, 2.45) is 0 Å². The molecule has 2 rings (SSSR count). The fourth-order valence-electron chi connectivity index (χ4n) is 2.14. The molecule has 2 nitrogen and oxygen atoms in total. The largest absolute Gasteiger partial charge is 0.461 e. The first-order valence-electron chi connectivity index (χ1n) is 6.74. The highest BCUT2D eigenvalue weighted by atomic mass is 32.2. The Morgan fingerprint density at radius 1 is 1.28 bits per heavy atom. The van der Waals surface area contributed by atoms with E-state index >= 15 is 0 Å². The lowest BCUT2D eigenvalue weighted by atomic mass is 10.1. The molecule has 0 N–H and O–H groups in total. The van der Waals surface area contributed by atoms with Gasteiger partial charge in [0.1, 0.15) is 6.61 Å². The summed E-state index contributed by atoms with van der Waals surface area (Å²) in [6, 6.07) is 7.75. The van der Waals surface area contributed by atoms with E-state index in [2.05, 4.69) is 6.92 Å². The van der Waals surface area contributed by atoms with E-state index in [0.717, 1.165) is 16.9 Å². The normalized spacial score (nSPS) is 18.9. The Bertz CT molecular complexity index is 403. The number of esters is 1. The van der Waals surface area contributed by atoms with Crippen LogP contribution in [0.1, 0.15) is 49.4 Å². The average molecular weight is 264 g/mol. The van der Waals surface area contributed by atoms with Gasteiger partial charge in [-0.25, -0.2) is 4.79 Å². The van der Waals surface area contributed by atoms with E-state index in [4.69, 9.17) is 4.74 Å². The van der Waals surface area contributed by atoms with Crippen molar-refractivity contribution in [3.63, 3.8) is 0 Å². The van der Waals surface area contributed by atoms with E-state index in [-0.39, 0.29) is 5.97 Å². The van der Waals surface area contributed by atoms with E-state index in [1.54, 1.807) is 11.8 Å². The second-order valence-electron chi connectivity index (χ2n) is 4.68. The summed E-state index contributed by atoms with van der Waals surface area (Å²) >= 11 is 1.79. The highest BCUT2D eigenvalue weighted by Crippen LogP contribution is 2.33. The van der Waals surface area contributed by atoms with Gasteiger partial charge >= 0.3 is 5.97 Å². The van der Waals surface area contributed by atoms with Gasteiger partial charge in [-0.3, -0.25) is 0 Å². The molecule has 1 atom stereocenters. The van der Waals surface area contributed by atoms with Gasteiger partial charge in [0.2, 0.25) is 0 Å². The van der Waals surface area contributed by atoms with Crippen molar-refractivity contribution in [1.29, 1.82) is 0 Å². The van der Waals surface area contributed by atoms with Crippen LogP contribution in [0.15, 0.2) is 29.2 Å². The quantitative estimate of drug-likeness (QED) is 0.586. The minimum atomic E-state index is -0.172. The molecule has 0 fully saturated rings. The van der Waals surface area contributed by atoms with Crippen molar-refractivity contribution >= 4 is 17.7 Å². The van der Waals surface area contributed by atoms with Gasteiger partial charge in [0.15, 0.2) is 0 Å². The number of carbonyl (C=O) groups is 1. The molecular formula is C15H20O2S. The van der Waals surface area contributed by atoms with Crippen molar-refractivity contribution in [2.45, 2.75) is 49.2 Å². The molecule has 1 aromatic rings. The molecular weight excluding hydrogens is 244 g/mol. The van der Waals surface area contributed by atoms with E-state index in [0.29, 0.717) is 11.9 Å². The molecule has 0 aromatic heterocycles. The van der Waals surface area contributed by atoms with Crippen LogP contribution in [0, 0.1) is 0 Å². The Morgan fingerprint density at radius 2 is 2.11 bits per heavy atom. The summed E-state index contributed by atoms with van der Waals surface area (Å²) in [6.07, 6.45) is 6.20. The van der Waals surface area contributed by atoms with Gasteiger partial charge in [-0.1, -0.05) is 44.7 Å². The molecule has 18 heavy (non-hydrogen) atoms. The van der Waals surface area contributed by atoms with Gasteiger partial charge in [-0.05, 0) is 18.6 Å². The number of rotatable bonds is 5. The van der Waals surface area contributed by atoms with Crippen molar-refractivity contribution in [1.82, 2.24) is 0 Å². The summed E-state index contributed by atoms with van der Waals surface area (Å²) in [6.45, 7) is 2.77. The van der Waals surface area contributed by atoms with Gasteiger partial charge in [0.25, 0.3) is 0 Å². The van der Waals surface area contributed by atoms with Crippen LogP contribution in [0.25, 0.3) is 0 Å². The van der Waals surface area contributed by atoms with Crippen LogP contribution < -0.4 is 0 Å². The molecule has 0 amide bonds. The maximum absolute atomic E-state index is 11.8. The topological polar surface area (TPSA) is 26.3 Å². The number of unbranched alkanes of at least 4 members (excludes halogenated alkanes) is 3. The zero-order chi connectivity index (χ0) is 12.8. The number of carbonyl (C=O) groups excluding carboxylic acids is 1.